The Balaban J connectivity index is 3.49. The monoisotopic (exact) mass is 300 g/mol. The summed E-state index contributed by atoms with van der Waals surface area (Å²) >= 11 is 0. The Hall–Kier alpha value is -1.63. The Labute approximate surface area is 118 Å². The molecule has 6 nitrogen and oxygen atoms in total. The van der Waals surface area contributed by atoms with Crippen LogP contribution in [0.5, 0.6) is 0 Å². The molecule has 0 saturated carbocycles. The van der Waals surface area contributed by atoms with Crippen LogP contribution >= 0.6 is 0 Å². The van der Waals surface area contributed by atoms with E-state index in [9.17, 15) is 18.0 Å². The number of hydrogen-bond donors (Lipinski definition) is 2. The number of allylic oxidation sites excluding steroid dienone is 2. The first-order valence-electron chi connectivity index (χ1n) is 6.07. The van der Waals surface area contributed by atoms with Crippen molar-refractivity contribution in [1.29, 1.82) is 0 Å². The minimum absolute atomic E-state index is 0.287. The Morgan fingerprint density at radius 2 is 1.80 bits per heavy atom. The molecule has 1 rings (SSSR count). The predicted octanol–water partition coefficient (Wildman–Crippen LogP) is -0.244. The molecule has 20 heavy (non-hydrogen) atoms. The molecule has 2 atom stereocenters. The SMILES string of the molecule is CC(C)(CS(C)(=O)=O)C1(C(N)=O)C=CC=CC1C(N)=O. The van der Waals surface area contributed by atoms with Crippen LogP contribution in [0.2, 0.25) is 0 Å². The van der Waals surface area contributed by atoms with E-state index in [1.807, 2.05) is 0 Å². The number of primary amides is 2. The average molecular weight is 300 g/mol. The van der Waals surface area contributed by atoms with E-state index in [0.717, 1.165) is 6.26 Å². The Morgan fingerprint density at radius 1 is 1.25 bits per heavy atom. The normalized spacial score (nSPS) is 26.4. The molecule has 0 heterocycles. The number of carbonyl (C=O) groups excluding carboxylic acids is 2. The van der Waals surface area contributed by atoms with Crippen LogP contribution in [-0.4, -0.2) is 32.2 Å². The summed E-state index contributed by atoms with van der Waals surface area (Å²) in [6.45, 7) is 3.19. The van der Waals surface area contributed by atoms with Gasteiger partial charge in [0, 0.05) is 6.26 Å². The van der Waals surface area contributed by atoms with Crippen molar-refractivity contribution in [2.45, 2.75) is 13.8 Å². The summed E-state index contributed by atoms with van der Waals surface area (Å²) in [6.07, 6.45) is 7.21. The third kappa shape index (κ3) is 2.77. The Bertz CT molecular complexity index is 589. The van der Waals surface area contributed by atoms with Crippen molar-refractivity contribution in [3.05, 3.63) is 24.3 Å². The van der Waals surface area contributed by atoms with Crippen LogP contribution in [0.1, 0.15) is 13.8 Å². The van der Waals surface area contributed by atoms with Gasteiger partial charge in [-0.15, -0.1) is 0 Å². The van der Waals surface area contributed by atoms with Gasteiger partial charge in [-0.05, 0) is 5.41 Å². The van der Waals surface area contributed by atoms with Gasteiger partial charge in [0.05, 0.1) is 17.1 Å². The molecular formula is C13H20N2O4S. The van der Waals surface area contributed by atoms with Gasteiger partial charge in [-0.2, -0.15) is 0 Å². The molecule has 0 aromatic rings. The van der Waals surface area contributed by atoms with Gasteiger partial charge in [0.2, 0.25) is 11.8 Å². The van der Waals surface area contributed by atoms with Crippen LogP contribution in [0.15, 0.2) is 24.3 Å². The second kappa shape index (κ2) is 5.05. The molecule has 0 saturated heterocycles. The molecule has 0 spiro atoms. The van der Waals surface area contributed by atoms with Crippen LogP contribution in [0.4, 0.5) is 0 Å². The molecule has 0 bridgehead atoms. The van der Waals surface area contributed by atoms with Crippen LogP contribution in [0.3, 0.4) is 0 Å². The van der Waals surface area contributed by atoms with Crippen LogP contribution in [-0.2, 0) is 19.4 Å². The first-order valence-corrected chi connectivity index (χ1v) is 8.13. The van der Waals surface area contributed by atoms with Gasteiger partial charge in [-0.1, -0.05) is 38.2 Å². The van der Waals surface area contributed by atoms with Crippen LogP contribution in [0.25, 0.3) is 0 Å². The summed E-state index contributed by atoms with van der Waals surface area (Å²) in [5.41, 5.74) is 8.33. The maximum Gasteiger partial charge on any atom is 0.229 e. The highest BCUT2D eigenvalue weighted by atomic mass is 32.2. The van der Waals surface area contributed by atoms with Gasteiger partial charge >= 0.3 is 0 Å². The molecule has 2 amide bonds. The number of hydrogen-bond acceptors (Lipinski definition) is 4. The molecule has 0 aliphatic heterocycles. The molecule has 0 fully saturated rings. The lowest BCUT2D eigenvalue weighted by Gasteiger charge is -2.46. The summed E-state index contributed by atoms with van der Waals surface area (Å²) in [4.78, 5) is 23.7. The van der Waals surface area contributed by atoms with Gasteiger partial charge < -0.3 is 11.5 Å². The van der Waals surface area contributed by atoms with Crippen molar-refractivity contribution in [2.24, 2.45) is 28.2 Å². The van der Waals surface area contributed by atoms with E-state index in [0.29, 0.717) is 0 Å². The Kier molecular flexibility index (Phi) is 4.14. The number of carbonyl (C=O) groups is 2. The second-order valence-corrected chi connectivity index (χ2v) is 7.95. The highest BCUT2D eigenvalue weighted by Gasteiger charge is 2.56. The summed E-state index contributed by atoms with van der Waals surface area (Å²) in [6, 6.07) is 0. The van der Waals surface area contributed by atoms with E-state index in [1.54, 1.807) is 26.0 Å². The first kappa shape index (κ1) is 16.4. The predicted molar refractivity (Wildman–Crippen MR) is 76.1 cm³/mol. The van der Waals surface area contributed by atoms with Crippen molar-refractivity contribution in [1.82, 2.24) is 0 Å². The number of rotatable bonds is 5. The summed E-state index contributed by atoms with van der Waals surface area (Å²) < 4.78 is 23.2. The molecule has 0 radical (unpaired) electrons. The van der Waals surface area contributed by atoms with E-state index in [1.165, 1.54) is 12.2 Å². The van der Waals surface area contributed by atoms with Crippen molar-refractivity contribution in [2.75, 3.05) is 12.0 Å². The van der Waals surface area contributed by atoms with Gasteiger partial charge in [0.1, 0.15) is 9.84 Å². The zero-order valence-corrected chi connectivity index (χ0v) is 12.6. The number of amides is 2. The fourth-order valence-corrected chi connectivity index (χ4v) is 4.50. The van der Waals surface area contributed by atoms with Crippen molar-refractivity contribution < 1.29 is 18.0 Å². The fraction of sp³-hybridized carbons (Fsp3) is 0.538. The number of sulfone groups is 1. The summed E-state index contributed by atoms with van der Waals surface area (Å²) in [5, 5.41) is 0. The largest absolute Gasteiger partial charge is 0.369 e. The van der Waals surface area contributed by atoms with E-state index >= 15 is 0 Å². The Morgan fingerprint density at radius 3 is 2.20 bits per heavy atom. The lowest BCUT2D eigenvalue weighted by molar-refractivity contribution is -0.139. The van der Waals surface area contributed by atoms with Crippen molar-refractivity contribution in [3.8, 4) is 0 Å². The minimum atomic E-state index is -3.37. The van der Waals surface area contributed by atoms with Gasteiger partial charge in [0.25, 0.3) is 0 Å². The van der Waals surface area contributed by atoms with E-state index in [-0.39, 0.29) is 5.75 Å². The molecule has 7 heteroatoms. The molecule has 112 valence electrons. The summed E-state index contributed by atoms with van der Waals surface area (Å²) in [5.74, 6) is -2.74. The smallest absolute Gasteiger partial charge is 0.229 e. The van der Waals surface area contributed by atoms with Crippen molar-refractivity contribution in [3.63, 3.8) is 0 Å². The highest BCUT2D eigenvalue weighted by Crippen LogP contribution is 2.49. The highest BCUT2D eigenvalue weighted by molar-refractivity contribution is 7.90. The average Bonchev–Trinajstić information content (AvgIpc) is 2.24. The lowest BCUT2D eigenvalue weighted by Crippen LogP contribution is -2.57. The topological polar surface area (TPSA) is 120 Å². The zero-order chi connectivity index (χ0) is 15.8. The summed E-state index contributed by atoms with van der Waals surface area (Å²) in [7, 11) is -3.37. The second-order valence-electron chi connectivity index (χ2n) is 5.81. The minimum Gasteiger partial charge on any atom is -0.369 e. The molecule has 0 aromatic heterocycles. The first-order chi connectivity index (χ1) is 8.94. The van der Waals surface area contributed by atoms with Gasteiger partial charge in [0.15, 0.2) is 0 Å². The van der Waals surface area contributed by atoms with Crippen LogP contribution in [0, 0.1) is 16.7 Å². The van der Waals surface area contributed by atoms with E-state index in [4.69, 9.17) is 11.5 Å². The molecule has 1 aliphatic rings. The standard InChI is InChI=1S/C13H20N2O4S/c1-12(2,8-20(3,18)19)13(11(15)17)7-5-4-6-9(13)10(14)16/h4-7,9H,8H2,1-3H3,(H2,14,16)(H2,15,17). The third-order valence-electron chi connectivity index (χ3n) is 3.72. The van der Waals surface area contributed by atoms with E-state index < -0.39 is 38.4 Å². The molecule has 4 N–H and O–H groups in total. The van der Waals surface area contributed by atoms with Gasteiger partial charge in [-0.25, -0.2) is 8.42 Å². The third-order valence-corrected chi connectivity index (χ3v) is 4.97. The molecule has 2 unspecified atom stereocenters. The fourth-order valence-electron chi connectivity index (χ4n) is 2.95. The quantitative estimate of drug-likeness (QED) is 0.727. The van der Waals surface area contributed by atoms with Gasteiger partial charge in [-0.3, -0.25) is 9.59 Å². The molecular weight excluding hydrogens is 280 g/mol. The molecule has 1 aliphatic carbocycles. The zero-order valence-electron chi connectivity index (χ0n) is 11.8. The maximum absolute atomic E-state index is 12.1. The number of nitrogens with two attached hydrogens (primary N) is 2. The van der Waals surface area contributed by atoms with E-state index in [2.05, 4.69) is 0 Å². The maximum atomic E-state index is 12.1. The van der Waals surface area contributed by atoms with Crippen LogP contribution < -0.4 is 11.5 Å². The lowest BCUT2D eigenvalue weighted by atomic mass is 9.57. The van der Waals surface area contributed by atoms with Crippen molar-refractivity contribution >= 4 is 21.7 Å². The molecule has 0 aromatic carbocycles.